The number of benzene rings is 1. The van der Waals surface area contributed by atoms with Crippen molar-refractivity contribution in [3.63, 3.8) is 0 Å². The standard InChI is InChI=1S/C20H24N4O/c1-15-9-10-24-14-18(22-19(24)11-15)20(25)21-13-17(23(2)3)12-16-7-5-4-6-8-16/h4-11,14,17H,12-13H2,1-3H3,(H,21,25)/t17-/m1/s1. The molecule has 1 N–H and O–H groups in total. The Kier molecular flexibility index (Phi) is 5.14. The van der Waals surface area contributed by atoms with Gasteiger partial charge in [-0.05, 0) is 50.7 Å². The number of pyridine rings is 1. The molecular formula is C20H24N4O. The molecule has 0 fully saturated rings. The van der Waals surface area contributed by atoms with Crippen LogP contribution in [0.2, 0.25) is 0 Å². The molecule has 3 aromatic rings. The minimum atomic E-state index is -0.138. The summed E-state index contributed by atoms with van der Waals surface area (Å²) in [6.07, 6.45) is 4.58. The van der Waals surface area contributed by atoms with E-state index in [2.05, 4.69) is 27.3 Å². The van der Waals surface area contributed by atoms with Gasteiger partial charge in [-0.15, -0.1) is 0 Å². The van der Waals surface area contributed by atoms with Gasteiger partial charge in [-0.1, -0.05) is 30.3 Å². The number of hydrogen-bond donors (Lipinski definition) is 1. The van der Waals surface area contributed by atoms with E-state index in [4.69, 9.17) is 0 Å². The van der Waals surface area contributed by atoms with Crippen molar-refractivity contribution in [3.05, 3.63) is 71.7 Å². The first-order chi connectivity index (χ1) is 12.0. The Labute approximate surface area is 148 Å². The Morgan fingerprint density at radius 3 is 2.72 bits per heavy atom. The molecule has 5 heteroatoms. The van der Waals surface area contributed by atoms with Gasteiger partial charge < -0.3 is 14.6 Å². The van der Waals surface area contributed by atoms with Crippen LogP contribution in [-0.4, -0.2) is 46.9 Å². The van der Waals surface area contributed by atoms with E-state index in [0.29, 0.717) is 12.2 Å². The first-order valence-corrected chi connectivity index (χ1v) is 8.47. The lowest BCUT2D eigenvalue weighted by Gasteiger charge is -2.24. The molecule has 2 heterocycles. The molecule has 1 aromatic carbocycles. The highest BCUT2D eigenvalue weighted by atomic mass is 16.1. The average molecular weight is 336 g/mol. The summed E-state index contributed by atoms with van der Waals surface area (Å²) in [5.41, 5.74) is 3.63. The van der Waals surface area contributed by atoms with Gasteiger partial charge in [0.25, 0.3) is 5.91 Å². The van der Waals surface area contributed by atoms with Gasteiger partial charge in [0, 0.05) is 25.0 Å². The molecule has 0 radical (unpaired) electrons. The Hall–Kier alpha value is -2.66. The highest BCUT2D eigenvalue weighted by Crippen LogP contribution is 2.09. The molecule has 25 heavy (non-hydrogen) atoms. The van der Waals surface area contributed by atoms with Gasteiger partial charge >= 0.3 is 0 Å². The van der Waals surface area contributed by atoms with E-state index in [1.165, 1.54) is 5.56 Å². The summed E-state index contributed by atoms with van der Waals surface area (Å²) in [5, 5.41) is 3.02. The molecule has 0 saturated heterocycles. The molecule has 0 aliphatic heterocycles. The van der Waals surface area contributed by atoms with Crippen molar-refractivity contribution in [3.8, 4) is 0 Å². The van der Waals surface area contributed by atoms with Crippen molar-refractivity contribution in [2.45, 2.75) is 19.4 Å². The maximum Gasteiger partial charge on any atom is 0.271 e. The molecular weight excluding hydrogens is 312 g/mol. The number of likely N-dealkylation sites (N-methyl/N-ethyl adjacent to an activating group) is 1. The van der Waals surface area contributed by atoms with Crippen LogP contribution in [-0.2, 0) is 6.42 Å². The van der Waals surface area contributed by atoms with Crippen LogP contribution in [0.5, 0.6) is 0 Å². The van der Waals surface area contributed by atoms with Crippen LogP contribution in [0.15, 0.2) is 54.9 Å². The van der Waals surface area contributed by atoms with Crippen LogP contribution < -0.4 is 5.32 Å². The molecule has 0 spiro atoms. The van der Waals surface area contributed by atoms with Crippen molar-refractivity contribution in [1.82, 2.24) is 19.6 Å². The number of carbonyl (C=O) groups excluding carboxylic acids is 1. The maximum absolute atomic E-state index is 12.5. The van der Waals surface area contributed by atoms with E-state index in [9.17, 15) is 4.79 Å². The topological polar surface area (TPSA) is 49.6 Å². The Morgan fingerprint density at radius 1 is 1.24 bits per heavy atom. The van der Waals surface area contributed by atoms with E-state index in [0.717, 1.165) is 17.6 Å². The molecule has 5 nitrogen and oxygen atoms in total. The number of amides is 1. The molecule has 0 aliphatic rings. The summed E-state index contributed by atoms with van der Waals surface area (Å²) in [4.78, 5) is 19.0. The molecule has 2 aromatic heterocycles. The van der Waals surface area contributed by atoms with Gasteiger partial charge in [-0.3, -0.25) is 4.79 Å². The lowest BCUT2D eigenvalue weighted by Crippen LogP contribution is -2.41. The van der Waals surface area contributed by atoms with E-state index < -0.39 is 0 Å². The minimum Gasteiger partial charge on any atom is -0.349 e. The van der Waals surface area contributed by atoms with E-state index >= 15 is 0 Å². The number of aromatic nitrogens is 2. The molecule has 130 valence electrons. The Morgan fingerprint density at radius 2 is 2.00 bits per heavy atom. The summed E-state index contributed by atoms with van der Waals surface area (Å²) in [6.45, 7) is 2.59. The number of nitrogens with zero attached hydrogens (tertiary/aromatic N) is 3. The van der Waals surface area contributed by atoms with E-state index in [-0.39, 0.29) is 11.9 Å². The van der Waals surface area contributed by atoms with Crippen molar-refractivity contribution in [1.29, 1.82) is 0 Å². The fourth-order valence-electron chi connectivity index (χ4n) is 2.82. The first-order valence-electron chi connectivity index (χ1n) is 8.47. The summed E-state index contributed by atoms with van der Waals surface area (Å²) in [7, 11) is 4.07. The second-order valence-electron chi connectivity index (χ2n) is 6.61. The summed E-state index contributed by atoms with van der Waals surface area (Å²) < 4.78 is 1.87. The maximum atomic E-state index is 12.5. The normalized spacial score (nSPS) is 12.5. The first kappa shape index (κ1) is 17.2. The van der Waals surface area contributed by atoms with E-state index in [1.54, 1.807) is 6.20 Å². The number of imidazole rings is 1. The van der Waals surface area contributed by atoms with Crippen LogP contribution in [0.25, 0.3) is 5.65 Å². The minimum absolute atomic E-state index is 0.138. The van der Waals surface area contributed by atoms with Crippen molar-refractivity contribution >= 4 is 11.6 Å². The van der Waals surface area contributed by atoms with Crippen molar-refractivity contribution in [2.24, 2.45) is 0 Å². The SMILES string of the molecule is Cc1ccn2cc(C(=O)NC[C@@H](Cc3ccccc3)N(C)C)nc2c1. The second kappa shape index (κ2) is 7.49. The molecule has 3 rings (SSSR count). The summed E-state index contributed by atoms with van der Waals surface area (Å²) in [6, 6.07) is 14.5. The molecule has 0 saturated carbocycles. The molecule has 0 bridgehead atoms. The van der Waals surface area contributed by atoms with Gasteiger partial charge in [-0.25, -0.2) is 4.98 Å². The average Bonchev–Trinajstić information content (AvgIpc) is 3.02. The third-order valence-corrected chi connectivity index (χ3v) is 4.39. The highest BCUT2D eigenvalue weighted by molar-refractivity contribution is 5.92. The fourth-order valence-corrected chi connectivity index (χ4v) is 2.82. The smallest absolute Gasteiger partial charge is 0.271 e. The molecule has 0 unspecified atom stereocenters. The summed E-state index contributed by atoms with van der Waals surface area (Å²) >= 11 is 0. The van der Waals surface area contributed by atoms with Crippen LogP contribution >= 0.6 is 0 Å². The van der Waals surface area contributed by atoms with Crippen molar-refractivity contribution < 1.29 is 4.79 Å². The Bertz CT molecular complexity index is 855. The zero-order valence-electron chi connectivity index (χ0n) is 14.9. The predicted octanol–water partition coefficient (Wildman–Crippen LogP) is 2.55. The van der Waals surface area contributed by atoms with Crippen LogP contribution in [0.4, 0.5) is 0 Å². The van der Waals surface area contributed by atoms with Gasteiger partial charge in [-0.2, -0.15) is 0 Å². The largest absolute Gasteiger partial charge is 0.349 e. The monoisotopic (exact) mass is 336 g/mol. The highest BCUT2D eigenvalue weighted by Gasteiger charge is 2.16. The van der Waals surface area contributed by atoms with Gasteiger partial charge in [0.05, 0.1) is 0 Å². The molecule has 1 atom stereocenters. The third kappa shape index (κ3) is 4.25. The lowest BCUT2D eigenvalue weighted by molar-refractivity contribution is 0.0937. The Balaban J connectivity index is 1.66. The zero-order valence-corrected chi connectivity index (χ0v) is 14.9. The van der Waals surface area contributed by atoms with Gasteiger partial charge in [0.1, 0.15) is 11.3 Å². The summed E-state index contributed by atoms with van der Waals surface area (Å²) in [5.74, 6) is -0.138. The molecule has 0 aliphatic carbocycles. The number of rotatable bonds is 6. The second-order valence-corrected chi connectivity index (χ2v) is 6.61. The fraction of sp³-hybridized carbons (Fsp3) is 0.300. The van der Waals surface area contributed by atoms with Crippen LogP contribution in [0.3, 0.4) is 0 Å². The van der Waals surface area contributed by atoms with Crippen LogP contribution in [0.1, 0.15) is 21.6 Å². The lowest BCUT2D eigenvalue weighted by atomic mass is 10.1. The van der Waals surface area contributed by atoms with E-state index in [1.807, 2.05) is 61.9 Å². The third-order valence-electron chi connectivity index (χ3n) is 4.39. The van der Waals surface area contributed by atoms with Crippen LogP contribution in [0, 0.1) is 6.92 Å². The van der Waals surface area contributed by atoms with Gasteiger partial charge in [0.15, 0.2) is 0 Å². The number of fused-ring (bicyclic) bond motifs is 1. The number of nitrogens with one attached hydrogen (secondary N) is 1. The molecule has 1 amide bonds. The number of carbonyl (C=O) groups is 1. The number of aryl methyl sites for hydroxylation is 1. The zero-order chi connectivity index (χ0) is 17.8. The van der Waals surface area contributed by atoms with Gasteiger partial charge in [0.2, 0.25) is 0 Å². The number of hydrogen-bond acceptors (Lipinski definition) is 3. The predicted molar refractivity (Wildman–Crippen MR) is 99.9 cm³/mol. The quantitative estimate of drug-likeness (QED) is 0.753. The van der Waals surface area contributed by atoms with Crippen molar-refractivity contribution in [2.75, 3.05) is 20.6 Å².